The molecule has 19 heavy (non-hydrogen) atoms. The molecule has 1 fully saturated rings. The fraction of sp³-hybridized carbons (Fsp3) is 0.533. The van der Waals surface area contributed by atoms with Gasteiger partial charge in [-0.05, 0) is 18.1 Å². The summed E-state index contributed by atoms with van der Waals surface area (Å²) in [5, 5.41) is 0. The van der Waals surface area contributed by atoms with E-state index in [1.165, 1.54) is 11.6 Å². The number of hydrogen-bond donors (Lipinski definition) is 1. The van der Waals surface area contributed by atoms with Crippen molar-refractivity contribution in [1.29, 1.82) is 0 Å². The fourth-order valence-electron chi connectivity index (χ4n) is 2.51. The highest BCUT2D eigenvalue weighted by atomic mass is 16.5. The van der Waals surface area contributed by atoms with Gasteiger partial charge in [0.2, 0.25) is 0 Å². The van der Waals surface area contributed by atoms with Crippen LogP contribution in [0.1, 0.15) is 13.8 Å². The van der Waals surface area contributed by atoms with Crippen LogP contribution in [0.4, 0.5) is 11.4 Å². The number of anilines is 2. The minimum Gasteiger partial charge on any atom is -0.495 e. The van der Waals surface area contributed by atoms with Gasteiger partial charge in [-0.25, -0.2) is 0 Å². The van der Waals surface area contributed by atoms with Crippen molar-refractivity contribution in [2.75, 3.05) is 50.5 Å². The van der Waals surface area contributed by atoms with Crippen LogP contribution in [-0.4, -0.2) is 44.7 Å². The van der Waals surface area contributed by atoms with Gasteiger partial charge in [0.15, 0.2) is 0 Å². The minimum absolute atomic E-state index is 0.695. The van der Waals surface area contributed by atoms with Gasteiger partial charge < -0.3 is 15.4 Å². The SMILES string of the molecule is COc1cc(N2CCN(C[C](C)C)CC2)ccc1N. The number of benzene rings is 1. The van der Waals surface area contributed by atoms with Crippen molar-refractivity contribution in [2.24, 2.45) is 0 Å². The average molecular weight is 262 g/mol. The first-order chi connectivity index (χ1) is 9.10. The molecular formula is C15H24N3O. The lowest BCUT2D eigenvalue weighted by molar-refractivity contribution is 0.267. The van der Waals surface area contributed by atoms with Crippen LogP contribution < -0.4 is 15.4 Å². The number of ether oxygens (including phenoxy) is 1. The molecule has 1 aromatic carbocycles. The Hall–Kier alpha value is -1.42. The molecule has 0 atom stereocenters. The Bertz CT molecular complexity index is 412. The maximum atomic E-state index is 5.85. The van der Waals surface area contributed by atoms with Crippen LogP contribution in [0.25, 0.3) is 0 Å². The first-order valence-electron chi connectivity index (χ1n) is 6.80. The standard InChI is InChI=1S/C15H24N3O/c1-12(2)11-17-6-8-18(9-7-17)13-4-5-14(16)15(10-13)19-3/h4-5,10H,6-9,11,16H2,1-3H3. The topological polar surface area (TPSA) is 41.7 Å². The summed E-state index contributed by atoms with van der Waals surface area (Å²) < 4.78 is 5.28. The second-order valence-electron chi connectivity index (χ2n) is 5.40. The molecule has 0 unspecified atom stereocenters. The van der Waals surface area contributed by atoms with Crippen LogP contribution in [0, 0.1) is 5.92 Å². The third-order valence-electron chi connectivity index (χ3n) is 3.49. The summed E-state index contributed by atoms with van der Waals surface area (Å²) in [5.74, 6) is 2.24. The highest BCUT2D eigenvalue weighted by Gasteiger charge is 2.18. The van der Waals surface area contributed by atoms with Crippen molar-refractivity contribution in [2.45, 2.75) is 13.8 Å². The summed E-state index contributed by atoms with van der Waals surface area (Å²) >= 11 is 0. The number of hydrogen-bond acceptors (Lipinski definition) is 4. The van der Waals surface area contributed by atoms with E-state index in [4.69, 9.17) is 10.5 Å². The Balaban J connectivity index is 1.97. The Morgan fingerprint density at radius 3 is 2.47 bits per heavy atom. The molecular weight excluding hydrogens is 238 g/mol. The Morgan fingerprint density at radius 2 is 1.89 bits per heavy atom. The second kappa shape index (κ2) is 6.15. The molecule has 2 rings (SSSR count). The monoisotopic (exact) mass is 262 g/mol. The highest BCUT2D eigenvalue weighted by molar-refractivity contribution is 5.62. The lowest BCUT2D eigenvalue weighted by Gasteiger charge is -2.36. The van der Waals surface area contributed by atoms with Gasteiger partial charge in [0.25, 0.3) is 0 Å². The molecule has 0 saturated carbocycles. The molecule has 0 bridgehead atoms. The number of nitrogens with zero attached hydrogens (tertiary/aromatic N) is 2. The molecule has 4 nitrogen and oxygen atoms in total. The number of piperazine rings is 1. The first-order valence-corrected chi connectivity index (χ1v) is 6.80. The van der Waals surface area contributed by atoms with Crippen molar-refractivity contribution >= 4 is 11.4 Å². The fourth-order valence-corrected chi connectivity index (χ4v) is 2.51. The summed E-state index contributed by atoms with van der Waals surface area (Å²) in [7, 11) is 1.66. The molecule has 1 heterocycles. The highest BCUT2D eigenvalue weighted by Crippen LogP contribution is 2.28. The summed E-state index contributed by atoms with van der Waals surface area (Å²) in [4.78, 5) is 4.89. The molecule has 2 N–H and O–H groups in total. The number of nitrogens with two attached hydrogens (primary N) is 1. The quantitative estimate of drug-likeness (QED) is 0.843. The second-order valence-corrected chi connectivity index (χ2v) is 5.40. The van der Waals surface area contributed by atoms with Gasteiger partial charge >= 0.3 is 0 Å². The predicted molar refractivity (Wildman–Crippen MR) is 80.7 cm³/mol. The van der Waals surface area contributed by atoms with Gasteiger partial charge in [0.1, 0.15) is 5.75 Å². The third kappa shape index (κ3) is 3.53. The van der Waals surface area contributed by atoms with Gasteiger partial charge in [0, 0.05) is 44.5 Å². The van der Waals surface area contributed by atoms with Crippen LogP contribution in [0.2, 0.25) is 0 Å². The van der Waals surface area contributed by atoms with Gasteiger partial charge in [-0.3, -0.25) is 4.90 Å². The lowest BCUT2D eigenvalue weighted by Crippen LogP contribution is -2.47. The Kier molecular flexibility index (Phi) is 4.53. The molecule has 0 spiro atoms. The summed E-state index contributed by atoms with van der Waals surface area (Å²) in [6.07, 6.45) is 0. The van der Waals surface area contributed by atoms with Crippen molar-refractivity contribution in [3.8, 4) is 5.75 Å². The molecule has 0 amide bonds. The van der Waals surface area contributed by atoms with E-state index < -0.39 is 0 Å². The van der Waals surface area contributed by atoms with E-state index >= 15 is 0 Å². The predicted octanol–water partition coefficient (Wildman–Crippen LogP) is 2.01. The zero-order chi connectivity index (χ0) is 13.8. The Labute approximate surface area is 116 Å². The van der Waals surface area contributed by atoms with Crippen molar-refractivity contribution in [3.05, 3.63) is 24.1 Å². The van der Waals surface area contributed by atoms with Crippen LogP contribution >= 0.6 is 0 Å². The van der Waals surface area contributed by atoms with E-state index in [-0.39, 0.29) is 0 Å². The summed E-state index contributed by atoms with van der Waals surface area (Å²) in [5.41, 5.74) is 7.74. The number of nitrogen functional groups attached to an aromatic ring is 1. The molecule has 0 aromatic heterocycles. The first kappa shape index (κ1) is 14.0. The van der Waals surface area contributed by atoms with Gasteiger partial charge in [0.05, 0.1) is 12.8 Å². The average Bonchev–Trinajstić information content (AvgIpc) is 2.40. The maximum absolute atomic E-state index is 5.85. The van der Waals surface area contributed by atoms with Crippen LogP contribution in [-0.2, 0) is 0 Å². The molecule has 1 aromatic rings. The van der Waals surface area contributed by atoms with E-state index in [0.717, 1.165) is 38.5 Å². The van der Waals surface area contributed by atoms with Crippen molar-refractivity contribution in [1.82, 2.24) is 4.90 Å². The van der Waals surface area contributed by atoms with Crippen molar-refractivity contribution in [3.63, 3.8) is 0 Å². The molecule has 0 aliphatic carbocycles. The van der Waals surface area contributed by atoms with E-state index in [2.05, 4.69) is 29.7 Å². The smallest absolute Gasteiger partial charge is 0.143 e. The van der Waals surface area contributed by atoms with Crippen LogP contribution in [0.15, 0.2) is 18.2 Å². The molecule has 4 heteroatoms. The van der Waals surface area contributed by atoms with Crippen LogP contribution in [0.5, 0.6) is 5.75 Å². The van der Waals surface area contributed by atoms with Crippen molar-refractivity contribution < 1.29 is 4.74 Å². The zero-order valence-corrected chi connectivity index (χ0v) is 12.1. The van der Waals surface area contributed by atoms with E-state index in [9.17, 15) is 0 Å². The molecule has 105 valence electrons. The van der Waals surface area contributed by atoms with Gasteiger partial charge in [-0.15, -0.1) is 0 Å². The van der Waals surface area contributed by atoms with E-state index in [1.54, 1.807) is 7.11 Å². The molecule has 1 aliphatic rings. The number of methoxy groups -OCH3 is 1. The van der Waals surface area contributed by atoms with E-state index in [1.807, 2.05) is 12.1 Å². The van der Waals surface area contributed by atoms with Crippen LogP contribution in [0.3, 0.4) is 0 Å². The normalized spacial score (nSPS) is 16.9. The van der Waals surface area contributed by atoms with Gasteiger partial charge in [-0.2, -0.15) is 0 Å². The largest absolute Gasteiger partial charge is 0.495 e. The molecule has 1 aliphatic heterocycles. The lowest BCUT2D eigenvalue weighted by atomic mass is 10.1. The Morgan fingerprint density at radius 1 is 1.21 bits per heavy atom. The summed E-state index contributed by atoms with van der Waals surface area (Å²) in [6, 6.07) is 6.03. The number of rotatable bonds is 4. The van der Waals surface area contributed by atoms with Gasteiger partial charge in [-0.1, -0.05) is 13.8 Å². The van der Waals surface area contributed by atoms with E-state index in [0.29, 0.717) is 5.69 Å². The minimum atomic E-state index is 0.695. The molecule has 1 radical (unpaired) electrons. The maximum Gasteiger partial charge on any atom is 0.143 e. The summed E-state index contributed by atoms with van der Waals surface area (Å²) in [6.45, 7) is 9.82. The molecule has 1 saturated heterocycles. The third-order valence-corrected chi connectivity index (χ3v) is 3.49. The zero-order valence-electron chi connectivity index (χ0n) is 12.1.